The van der Waals surface area contributed by atoms with E-state index in [1.54, 1.807) is 12.4 Å². The number of carbonyl (C=O) groups is 1. The van der Waals surface area contributed by atoms with Crippen molar-refractivity contribution in [1.29, 1.82) is 0 Å². The Morgan fingerprint density at radius 1 is 1.33 bits per heavy atom. The van der Waals surface area contributed by atoms with Crippen molar-refractivity contribution in [1.82, 2.24) is 9.97 Å². The van der Waals surface area contributed by atoms with Crippen LogP contribution in [0.3, 0.4) is 0 Å². The van der Waals surface area contributed by atoms with Crippen molar-refractivity contribution in [3.05, 3.63) is 41.9 Å². The summed E-state index contributed by atoms with van der Waals surface area (Å²) in [4.78, 5) is 24.2. The van der Waals surface area contributed by atoms with E-state index in [9.17, 15) is 4.79 Å². The van der Waals surface area contributed by atoms with Gasteiger partial charge in [0.15, 0.2) is 0 Å². The molecule has 3 aromatic heterocycles. The van der Waals surface area contributed by atoms with Gasteiger partial charge in [-0.3, -0.25) is 14.8 Å². The number of amides is 1. The number of rotatable bonds is 4. The van der Waals surface area contributed by atoms with Crippen molar-refractivity contribution in [3.63, 3.8) is 0 Å². The first-order valence-electron chi connectivity index (χ1n) is 10.3. The van der Waals surface area contributed by atoms with Crippen molar-refractivity contribution in [2.24, 2.45) is 11.7 Å². The van der Waals surface area contributed by atoms with Crippen LogP contribution in [0, 0.1) is 5.92 Å². The molecule has 1 aliphatic heterocycles. The topological polar surface area (TPSA) is 110 Å². The minimum atomic E-state index is -0.271. The molecular formula is C22H28N6OS. The number of nitrogens with two attached hydrogens (primary N) is 2. The summed E-state index contributed by atoms with van der Waals surface area (Å²) in [5.41, 5.74) is 16.2. The second kappa shape index (κ2) is 8.20. The molecule has 8 heteroatoms. The van der Waals surface area contributed by atoms with Crippen LogP contribution >= 0.6 is 11.3 Å². The van der Waals surface area contributed by atoms with Gasteiger partial charge < -0.3 is 21.7 Å². The zero-order valence-electron chi connectivity index (χ0n) is 17.6. The van der Waals surface area contributed by atoms with Crippen LogP contribution in [0.25, 0.3) is 10.2 Å². The van der Waals surface area contributed by atoms with Gasteiger partial charge in [0.25, 0.3) is 5.91 Å². The minimum absolute atomic E-state index is 0.112. The Balaban J connectivity index is 1.65. The molecule has 4 heterocycles. The number of nitrogens with one attached hydrogen (secondary N) is 1. The summed E-state index contributed by atoms with van der Waals surface area (Å²) in [6.07, 6.45) is 6.24. The van der Waals surface area contributed by atoms with E-state index in [2.05, 4.69) is 47.0 Å². The highest BCUT2D eigenvalue weighted by Gasteiger charge is 2.25. The average Bonchev–Trinajstić information content (AvgIpc) is 3.02. The summed E-state index contributed by atoms with van der Waals surface area (Å²) in [6.45, 7) is 8.07. The first-order chi connectivity index (χ1) is 14.3. The normalized spacial score (nSPS) is 19.4. The van der Waals surface area contributed by atoms with Crippen LogP contribution in [-0.2, 0) is 0 Å². The number of nitrogen functional groups attached to an aromatic ring is 1. The maximum absolute atomic E-state index is 13.2. The molecule has 0 bridgehead atoms. The summed E-state index contributed by atoms with van der Waals surface area (Å²) in [7, 11) is 0. The molecule has 0 aromatic carbocycles. The van der Waals surface area contributed by atoms with Crippen LogP contribution in [0.15, 0.2) is 30.7 Å². The number of anilines is 3. The van der Waals surface area contributed by atoms with Gasteiger partial charge in [0.05, 0.1) is 27.8 Å². The van der Waals surface area contributed by atoms with Gasteiger partial charge in [-0.1, -0.05) is 20.8 Å². The molecule has 5 N–H and O–H groups in total. The van der Waals surface area contributed by atoms with E-state index < -0.39 is 0 Å². The quantitative estimate of drug-likeness (QED) is 0.587. The van der Waals surface area contributed by atoms with Crippen molar-refractivity contribution < 1.29 is 4.79 Å². The molecule has 0 aliphatic carbocycles. The summed E-state index contributed by atoms with van der Waals surface area (Å²) < 4.78 is 0.922. The molecule has 0 spiro atoms. The third kappa shape index (κ3) is 3.97. The fourth-order valence-corrected chi connectivity index (χ4v) is 5.06. The lowest BCUT2D eigenvalue weighted by atomic mass is 9.96. The van der Waals surface area contributed by atoms with Crippen LogP contribution in [0.2, 0.25) is 0 Å². The molecule has 7 nitrogen and oxygen atoms in total. The molecule has 1 saturated heterocycles. The minimum Gasteiger partial charge on any atom is -0.390 e. The second-order valence-electron chi connectivity index (χ2n) is 8.46. The van der Waals surface area contributed by atoms with E-state index in [0.29, 0.717) is 33.6 Å². The van der Waals surface area contributed by atoms with Crippen LogP contribution < -0.4 is 21.7 Å². The number of piperidine rings is 1. The Morgan fingerprint density at radius 2 is 2.13 bits per heavy atom. The highest BCUT2D eigenvalue weighted by molar-refractivity contribution is 7.23. The summed E-state index contributed by atoms with van der Waals surface area (Å²) >= 11 is 1.39. The van der Waals surface area contributed by atoms with Gasteiger partial charge in [0.1, 0.15) is 10.6 Å². The van der Waals surface area contributed by atoms with Crippen molar-refractivity contribution in [2.75, 3.05) is 29.0 Å². The fourth-order valence-electron chi connectivity index (χ4n) is 4.09. The Kier molecular flexibility index (Phi) is 5.62. The van der Waals surface area contributed by atoms with Gasteiger partial charge in [-0.15, -0.1) is 11.3 Å². The molecule has 3 aromatic rings. The van der Waals surface area contributed by atoms with E-state index in [0.717, 1.165) is 35.5 Å². The highest BCUT2D eigenvalue weighted by atomic mass is 32.1. The molecular weight excluding hydrogens is 396 g/mol. The number of carbonyl (C=O) groups excluding carboxylic acids is 1. The first-order valence-corrected chi connectivity index (χ1v) is 11.1. The Bertz CT molecular complexity index is 1070. The van der Waals surface area contributed by atoms with Crippen molar-refractivity contribution >= 4 is 43.8 Å². The van der Waals surface area contributed by atoms with E-state index in [4.69, 9.17) is 11.5 Å². The molecule has 0 saturated carbocycles. The predicted molar refractivity (Wildman–Crippen MR) is 124 cm³/mol. The van der Waals surface area contributed by atoms with Gasteiger partial charge in [-0.2, -0.15) is 0 Å². The molecule has 1 aliphatic rings. The monoisotopic (exact) mass is 424 g/mol. The Labute approximate surface area is 180 Å². The van der Waals surface area contributed by atoms with Gasteiger partial charge >= 0.3 is 0 Å². The van der Waals surface area contributed by atoms with Crippen LogP contribution in [0.4, 0.5) is 16.4 Å². The molecule has 1 fully saturated rings. The van der Waals surface area contributed by atoms with Crippen molar-refractivity contribution in [2.45, 2.75) is 39.2 Å². The smallest absolute Gasteiger partial charge is 0.260 e. The maximum atomic E-state index is 13.2. The van der Waals surface area contributed by atoms with E-state index in [1.807, 2.05) is 12.3 Å². The lowest BCUT2D eigenvalue weighted by molar-refractivity contribution is 0.102. The zero-order valence-corrected chi connectivity index (χ0v) is 18.4. The van der Waals surface area contributed by atoms with Crippen molar-refractivity contribution in [3.8, 4) is 0 Å². The number of hydrogen-bond donors (Lipinski definition) is 3. The first kappa shape index (κ1) is 20.6. The number of fused-ring (bicyclic) bond motifs is 1. The number of nitrogens with zero attached hydrogens (tertiary/aromatic N) is 3. The Morgan fingerprint density at radius 3 is 2.87 bits per heavy atom. The molecule has 2 atom stereocenters. The van der Waals surface area contributed by atoms with E-state index >= 15 is 0 Å². The largest absolute Gasteiger partial charge is 0.390 e. The molecule has 0 unspecified atom stereocenters. The van der Waals surface area contributed by atoms with Gasteiger partial charge in [0, 0.05) is 31.5 Å². The Hall–Kier alpha value is -2.71. The third-order valence-electron chi connectivity index (χ3n) is 5.55. The zero-order chi connectivity index (χ0) is 21.4. The second-order valence-corrected chi connectivity index (χ2v) is 9.55. The van der Waals surface area contributed by atoms with Gasteiger partial charge in [-0.25, -0.2) is 0 Å². The fraction of sp³-hybridized carbons (Fsp3) is 0.409. The summed E-state index contributed by atoms with van der Waals surface area (Å²) in [6, 6.07) is 4.10. The molecule has 30 heavy (non-hydrogen) atoms. The summed E-state index contributed by atoms with van der Waals surface area (Å²) in [5, 5.41) is 3.48. The summed E-state index contributed by atoms with van der Waals surface area (Å²) in [5.74, 6) is 0.576. The lowest BCUT2D eigenvalue weighted by Gasteiger charge is -2.37. The maximum Gasteiger partial charge on any atom is 0.260 e. The lowest BCUT2D eigenvalue weighted by Crippen LogP contribution is -2.46. The van der Waals surface area contributed by atoms with Crippen LogP contribution in [-0.4, -0.2) is 35.0 Å². The number of aromatic nitrogens is 2. The molecule has 1 amide bonds. The number of thiophene rings is 1. The highest BCUT2D eigenvalue weighted by Crippen LogP contribution is 2.35. The van der Waals surface area contributed by atoms with Gasteiger partial charge in [-0.05, 0) is 36.0 Å². The average molecular weight is 425 g/mol. The van der Waals surface area contributed by atoms with E-state index in [-0.39, 0.29) is 11.9 Å². The SMILES string of the molecule is CC(C)c1cnc2c(C(=O)Nc3cnccc3N3C[C@H](C)C[C@H](N)C3)c(N)sc2c1. The predicted octanol–water partition coefficient (Wildman–Crippen LogP) is 3.82. The van der Waals surface area contributed by atoms with Crippen LogP contribution in [0.1, 0.15) is 49.0 Å². The molecule has 0 radical (unpaired) electrons. The van der Waals surface area contributed by atoms with Gasteiger partial charge in [0.2, 0.25) is 0 Å². The number of pyridine rings is 2. The third-order valence-corrected chi connectivity index (χ3v) is 6.50. The molecule has 4 rings (SSSR count). The standard InChI is InChI=1S/C22H28N6OS/c1-12(2)14-7-18-20(26-8-14)19(21(24)30-18)22(29)27-16-9-25-5-4-17(16)28-10-13(3)6-15(23)11-28/h4-5,7-9,12-13,15H,6,10-11,23-24H2,1-3H3,(H,27,29)/t13-,15+/m1/s1. The van der Waals surface area contributed by atoms with Crippen LogP contribution in [0.5, 0.6) is 0 Å². The molecule has 158 valence electrons. The number of hydrogen-bond acceptors (Lipinski definition) is 7. The van der Waals surface area contributed by atoms with E-state index in [1.165, 1.54) is 11.3 Å².